The molecule has 2 aromatic carbocycles. The molecule has 0 saturated carbocycles. The summed E-state index contributed by atoms with van der Waals surface area (Å²) in [7, 11) is -7.30. The zero-order chi connectivity index (χ0) is 20.1. The smallest absolute Gasteiger partial charge is 0.211 e. The average molecular weight is 421 g/mol. The number of nitrogens with one attached hydrogen (secondary N) is 2. The third kappa shape index (κ3) is 3.50. The van der Waals surface area contributed by atoms with Gasteiger partial charge in [0.2, 0.25) is 20.0 Å². The van der Waals surface area contributed by atoms with E-state index >= 15 is 0 Å². The van der Waals surface area contributed by atoms with Crippen molar-refractivity contribution in [1.82, 2.24) is 9.44 Å². The van der Waals surface area contributed by atoms with Gasteiger partial charge in [-0.2, -0.15) is 0 Å². The SMILES string of the molecule is C[C@H]1CNS(=O)(=O)c2cc(C3NS(=O)(=O)c4ccccc4C[C@@H]3C)ccc2C1. The Labute approximate surface area is 166 Å². The van der Waals surface area contributed by atoms with Gasteiger partial charge in [0, 0.05) is 12.6 Å². The molecule has 2 aromatic rings. The molecule has 0 bridgehead atoms. The number of hydrogen-bond acceptors (Lipinski definition) is 4. The molecule has 0 aromatic heterocycles. The van der Waals surface area contributed by atoms with E-state index in [4.69, 9.17) is 0 Å². The second-order valence-electron chi connectivity index (χ2n) is 7.92. The molecular weight excluding hydrogens is 396 g/mol. The highest BCUT2D eigenvalue weighted by Crippen LogP contribution is 2.35. The highest BCUT2D eigenvalue weighted by molar-refractivity contribution is 7.89. The van der Waals surface area contributed by atoms with Crippen LogP contribution in [0.15, 0.2) is 52.3 Å². The quantitative estimate of drug-likeness (QED) is 0.741. The van der Waals surface area contributed by atoms with Crippen molar-refractivity contribution in [2.24, 2.45) is 11.8 Å². The maximum atomic E-state index is 12.9. The van der Waals surface area contributed by atoms with Crippen molar-refractivity contribution < 1.29 is 16.8 Å². The molecule has 8 heteroatoms. The van der Waals surface area contributed by atoms with Crippen LogP contribution in [0.5, 0.6) is 0 Å². The van der Waals surface area contributed by atoms with Gasteiger partial charge in [0.05, 0.1) is 9.79 Å². The zero-order valence-corrected chi connectivity index (χ0v) is 17.5. The van der Waals surface area contributed by atoms with Crippen LogP contribution in [0.3, 0.4) is 0 Å². The van der Waals surface area contributed by atoms with Crippen molar-refractivity contribution in [3.63, 3.8) is 0 Å². The number of rotatable bonds is 1. The molecule has 0 aliphatic carbocycles. The van der Waals surface area contributed by atoms with Crippen molar-refractivity contribution in [2.45, 2.75) is 42.5 Å². The minimum atomic E-state index is -3.69. The van der Waals surface area contributed by atoms with E-state index in [0.717, 1.165) is 11.1 Å². The molecule has 2 heterocycles. The first-order chi connectivity index (χ1) is 13.2. The van der Waals surface area contributed by atoms with Crippen molar-refractivity contribution in [3.05, 3.63) is 59.2 Å². The van der Waals surface area contributed by atoms with Crippen LogP contribution in [-0.2, 0) is 32.9 Å². The predicted octanol–water partition coefficient (Wildman–Crippen LogP) is 2.37. The molecule has 0 spiro atoms. The second-order valence-corrected chi connectivity index (χ2v) is 11.3. The van der Waals surface area contributed by atoms with Gasteiger partial charge in [0.25, 0.3) is 0 Å². The Morgan fingerprint density at radius 3 is 2.36 bits per heavy atom. The summed E-state index contributed by atoms with van der Waals surface area (Å²) in [4.78, 5) is 0.546. The van der Waals surface area contributed by atoms with Gasteiger partial charge in [-0.25, -0.2) is 26.3 Å². The van der Waals surface area contributed by atoms with Gasteiger partial charge in [-0.1, -0.05) is 44.2 Å². The fourth-order valence-electron chi connectivity index (χ4n) is 4.10. The molecule has 2 aliphatic heterocycles. The monoisotopic (exact) mass is 420 g/mol. The molecule has 2 N–H and O–H groups in total. The van der Waals surface area contributed by atoms with E-state index in [1.807, 2.05) is 38.1 Å². The summed E-state index contributed by atoms with van der Waals surface area (Å²) in [5.41, 5.74) is 2.22. The highest BCUT2D eigenvalue weighted by Gasteiger charge is 2.33. The van der Waals surface area contributed by atoms with Crippen LogP contribution in [0, 0.1) is 11.8 Å². The Kier molecular flexibility index (Phi) is 4.86. The van der Waals surface area contributed by atoms with Crippen LogP contribution in [-0.4, -0.2) is 23.4 Å². The topological polar surface area (TPSA) is 92.3 Å². The number of hydrogen-bond donors (Lipinski definition) is 2. The summed E-state index contributed by atoms with van der Waals surface area (Å²) in [6.45, 7) is 4.38. The average Bonchev–Trinajstić information content (AvgIpc) is 2.82. The van der Waals surface area contributed by atoms with Gasteiger partial charge < -0.3 is 0 Å². The van der Waals surface area contributed by atoms with Crippen LogP contribution < -0.4 is 9.44 Å². The zero-order valence-electron chi connectivity index (χ0n) is 15.8. The van der Waals surface area contributed by atoms with E-state index in [0.29, 0.717) is 29.8 Å². The minimum absolute atomic E-state index is 0.0307. The van der Waals surface area contributed by atoms with Gasteiger partial charge in [0.1, 0.15) is 0 Å². The molecule has 0 amide bonds. The molecule has 150 valence electrons. The normalized spacial score (nSPS) is 28.4. The fourth-order valence-corrected chi connectivity index (χ4v) is 7.13. The Hall–Kier alpha value is -1.74. The minimum Gasteiger partial charge on any atom is -0.211 e. The fraction of sp³-hybridized carbons (Fsp3) is 0.400. The summed E-state index contributed by atoms with van der Waals surface area (Å²) >= 11 is 0. The second kappa shape index (κ2) is 6.95. The lowest BCUT2D eigenvalue weighted by Gasteiger charge is -2.23. The molecule has 0 saturated heterocycles. The molecule has 3 atom stereocenters. The maximum Gasteiger partial charge on any atom is 0.241 e. The van der Waals surface area contributed by atoms with E-state index in [2.05, 4.69) is 9.44 Å². The van der Waals surface area contributed by atoms with Gasteiger partial charge in [-0.05, 0) is 53.5 Å². The molecule has 0 radical (unpaired) electrons. The Morgan fingerprint density at radius 2 is 1.57 bits per heavy atom. The Balaban J connectivity index is 1.79. The van der Waals surface area contributed by atoms with E-state index in [1.54, 1.807) is 18.2 Å². The van der Waals surface area contributed by atoms with E-state index in [1.165, 1.54) is 0 Å². The van der Waals surface area contributed by atoms with Gasteiger partial charge in [-0.3, -0.25) is 0 Å². The molecule has 2 aliphatic rings. The summed E-state index contributed by atoms with van der Waals surface area (Å²) in [5.74, 6) is 0.170. The van der Waals surface area contributed by atoms with Gasteiger partial charge in [0.15, 0.2) is 0 Å². The van der Waals surface area contributed by atoms with E-state index in [9.17, 15) is 16.8 Å². The van der Waals surface area contributed by atoms with Crippen LogP contribution >= 0.6 is 0 Å². The number of sulfonamides is 2. The maximum absolute atomic E-state index is 12.9. The Morgan fingerprint density at radius 1 is 0.857 bits per heavy atom. The lowest BCUT2D eigenvalue weighted by atomic mass is 9.89. The molecule has 1 unspecified atom stereocenters. The molecule has 6 nitrogen and oxygen atoms in total. The molecule has 28 heavy (non-hydrogen) atoms. The molecular formula is C20H24N2O4S2. The lowest BCUT2D eigenvalue weighted by Crippen LogP contribution is -2.31. The van der Waals surface area contributed by atoms with Crippen molar-refractivity contribution in [1.29, 1.82) is 0 Å². The standard InChI is InChI=1S/C20H24N2O4S2/c1-13-9-16-7-8-17(11-19(16)27(23,24)21-12-13)20-14(2)10-15-5-3-4-6-18(15)28(25,26)22-20/h3-8,11,13-14,20-22H,9-10,12H2,1-2H3/t13-,14+,20?/m1/s1. The largest absolute Gasteiger partial charge is 0.241 e. The molecule has 0 fully saturated rings. The van der Waals surface area contributed by atoms with Gasteiger partial charge in [-0.15, -0.1) is 0 Å². The first-order valence-electron chi connectivity index (χ1n) is 9.40. The molecule has 4 rings (SSSR count). The van der Waals surface area contributed by atoms with Crippen LogP contribution in [0.2, 0.25) is 0 Å². The first-order valence-corrected chi connectivity index (χ1v) is 12.4. The van der Waals surface area contributed by atoms with Crippen LogP contribution in [0.25, 0.3) is 0 Å². The lowest BCUT2D eigenvalue weighted by molar-refractivity contribution is 0.437. The van der Waals surface area contributed by atoms with Crippen molar-refractivity contribution in [2.75, 3.05) is 6.54 Å². The summed E-state index contributed by atoms with van der Waals surface area (Å²) in [6.07, 6.45) is 1.26. The summed E-state index contributed by atoms with van der Waals surface area (Å²) < 4.78 is 56.6. The van der Waals surface area contributed by atoms with Gasteiger partial charge >= 0.3 is 0 Å². The third-order valence-corrected chi connectivity index (χ3v) is 8.63. The van der Waals surface area contributed by atoms with Crippen LogP contribution in [0.4, 0.5) is 0 Å². The Bertz CT molecular complexity index is 1130. The summed E-state index contributed by atoms with van der Waals surface area (Å²) in [6, 6.07) is 11.8. The van der Waals surface area contributed by atoms with E-state index in [-0.39, 0.29) is 16.7 Å². The number of benzene rings is 2. The van der Waals surface area contributed by atoms with Crippen LogP contribution in [0.1, 0.15) is 36.6 Å². The third-order valence-electron chi connectivity index (χ3n) is 5.59. The number of fused-ring (bicyclic) bond motifs is 2. The van der Waals surface area contributed by atoms with Crippen molar-refractivity contribution in [3.8, 4) is 0 Å². The highest BCUT2D eigenvalue weighted by atomic mass is 32.2. The summed E-state index contributed by atoms with van der Waals surface area (Å²) in [5, 5.41) is 0. The van der Waals surface area contributed by atoms with E-state index < -0.39 is 26.1 Å². The predicted molar refractivity (Wildman–Crippen MR) is 107 cm³/mol. The van der Waals surface area contributed by atoms with Crippen molar-refractivity contribution >= 4 is 20.0 Å². The first kappa shape index (κ1) is 19.6.